The van der Waals surface area contributed by atoms with Crippen LogP contribution in [0.2, 0.25) is 0 Å². The van der Waals surface area contributed by atoms with Crippen LogP contribution < -0.4 is 5.32 Å². The van der Waals surface area contributed by atoms with Crippen molar-refractivity contribution in [3.63, 3.8) is 0 Å². The molecular weight excluding hydrogens is 228 g/mol. The summed E-state index contributed by atoms with van der Waals surface area (Å²) >= 11 is 0. The second-order valence-corrected chi connectivity index (χ2v) is 4.17. The zero-order valence-electron chi connectivity index (χ0n) is 10.2. The minimum atomic E-state index is -0.865. The number of carboxylic acids is 1. The number of hydrogen-bond acceptors (Lipinski definition) is 2. The second-order valence-electron chi connectivity index (χ2n) is 4.17. The molecule has 4 heteroatoms. The van der Waals surface area contributed by atoms with Gasteiger partial charge in [0.2, 0.25) is 0 Å². The van der Waals surface area contributed by atoms with Crippen LogP contribution in [0.3, 0.4) is 0 Å². The number of aromatic nitrogens is 1. The molecule has 18 heavy (non-hydrogen) atoms. The van der Waals surface area contributed by atoms with E-state index >= 15 is 0 Å². The molecule has 0 fully saturated rings. The van der Waals surface area contributed by atoms with Gasteiger partial charge in [-0.25, -0.2) is 0 Å². The molecule has 0 spiro atoms. The summed E-state index contributed by atoms with van der Waals surface area (Å²) in [5.41, 5.74) is 1.82. The maximum atomic E-state index is 11.3. The van der Waals surface area contributed by atoms with Crippen LogP contribution in [0.15, 0.2) is 48.7 Å². The van der Waals surface area contributed by atoms with Crippen molar-refractivity contribution in [1.29, 1.82) is 0 Å². The lowest BCUT2D eigenvalue weighted by Crippen LogP contribution is -2.28. The molecule has 0 saturated heterocycles. The van der Waals surface area contributed by atoms with Crippen molar-refractivity contribution < 1.29 is 9.90 Å². The van der Waals surface area contributed by atoms with Gasteiger partial charge in [-0.05, 0) is 17.7 Å². The summed E-state index contributed by atoms with van der Waals surface area (Å²) in [6.45, 7) is 0.523. The molecule has 1 aromatic carbocycles. The molecule has 0 bridgehead atoms. The Labute approximate surface area is 106 Å². The quantitative estimate of drug-likeness (QED) is 0.845. The Morgan fingerprint density at radius 2 is 2.00 bits per heavy atom. The lowest BCUT2D eigenvalue weighted by atomic mass is 10.1. The van der Waals surface area contributed by atoms with Crippen molar-refractivity contribution in [2.75, 3.05) is 0 Å². The van der Waals surface area contributed by atoms with Crippen molar-refractivity contribution in [2.45, 2.75) is 12.6 Å². The second kappa shape index (κ2) is 5.51. The maximum absolute atomic E-state index is 11.3. The molecule has 0 aliphatic carbocycles. The standard InChI is InChI=1S/C14H16N2O2/c1-16-9-5-8-12(16)10-15-13(14(17)18)11-6-3-2-4-7-11/h2-9,13,15H,10H2,1H3,(H,17,18). The fraction of sp³-hybridized carbons (Fsp3) is 0.214. The molecule has 1 unspecified atom stereocenters. The zero-order chi connectivity index (χ0) is 13.0. The Kier molecular flexibility index (Phi) is 3.79. The lowest BCUT2D eigenvalue weighted by Gasteiger charge is -2.15. The molecule has 94 valence electrons. The first-order valence-electron chi connectivity index (χ1n) is 5.80. The summed E-state index contributed by atoms with van der Waals surface area (Å²) < 4.78 is 1.97. The molecule has 0 amide bonds. The average molecular weight is 244 g/mol. The Bertz CT molecular complexity index is 520. The van der Waals surface area contributed by atoms with Crippen LogP contribution in [-0.4, -0.2) is 15.6 Å². The van der Waals surface area contributed by atoms with Gasteiger partial charge in [-0.2, -0.15) is 0 Å². The van der Waals surface area contributed by atoms with E-state index in [0.29, 0.717) is 6.54 Å². The third-order valence-corrected chi connectivity index (χ3v) is 2.92. The SMILES string of the molecule is Cn1cccc1CNC(C(=O)O)c1ccccc1. The summed E-state index contributed by atoms with van der Waals surface area (Å²) in [4.78, 5) is 11.3. The first-order chi connectivity index (χ1) is 8.68. The fourth-order valence-electron chi connectivity index (χ4n) is 1.88. The highest BCUT2D eigenvalue weighted by Crippen LogP contribution is 2.13. The number of aliphatic carboxylic acids is 1. The number of rotatable bonds is 5. The van der Waals surface area contributed by atoms with Crippen LogP contribution in [-0.2, 0) is 18.4 Å². The van der Waals surface area contributed by atoms with Crippen molar-refractivity contribution in [3.05, 3.63) is 59.9 Å². The van der Waals surface area contributed by atoms with Gasteiger partial charge in [0.25, 0.3) is 0 Å². The van der Waals surface area contributed by atoms with E-state index in [1.807, 2.05) is 60.3 Å². The van der Waals surface area contributed by atoms with Crippen molar-refractivity contribution in [2.24, 2.45) is 7.05 Å². The largest absolute Gasteiger partial charge is 0.480 e. The van der Waals surface area contributed by atoms with Crippen molar-refractivity contribution >= 4 is 5.97 Å². The van der Waals surface area contributed by atoms with E-state index in [0.717, 1.165) is 11.3 Å². The summed E-state index contributed by atoms with van der Waals surface area (Å²) in [7, 11) is 1.94. The lowest BCUT2D eigenvalue weighted by molar-refractivity contribution is -0.139. The first kappa shape index (κ1) is 12.4. The molecule has 1 aromatic heterocycles. The van der Waals surface area contributed by atoms with Crippen molar-refractivity contribution in [1.82, 2.24) is 9.88 Å². The van der Waals surface area contributed by atoms with E-state index in [2.05, 4.69) is 5.32 Å². The van der Waals surface area contributed by atoms with Crippen LogP contribution in [0.4, 0.5) is 0 Å². The van der Waals surface area contributed by atoms with E-state index in [1.54, 1.807) is 0 Å². The third-order valence-electron chi connectivity index (χ3n) is 2.92. The summed E-state index contributed by atoms with van der Waals surface area (Å²) in [5.74, 6) is -0.865. The first-order valence-corrected chi connectivity index (χ1v) is 5.80. The number of nitrogens with one attached hydrogen (secondary N) is 1. The third kappa shape index (κ3) is 2.78. The van der Waals surface area contributed by atoms with Gasteiger partial charge in [0.05, 0.1) is 0 Å². The molecule has 2 rings (SSSR count). The van der Waals surface area contributed by atoms with Gasteiger partial charge in [0.15, 0.2) is 0 Å². The topological polar surface area (TPSA) is 54.3 Å². The monoisotopic (exact) mass is 244 g/mol. The number of aryl methyl sites for hydroxylation is 1. The molecule has 1 atom stereocenters. The number of hydrogen-bond donors (Lipinski definition) is 2. The molecule has 2 N–H and O–H groups in total. The predicted octanol–water partition coefficient (Wildman–Crippen LogP) is 1.94. The molecule has 0 aliphatic heterocycles. The molecular formula is C14H16N2O2. The fourth-order valence-corrected chi connectivity index (χ4v) is 1.88. The number of carboxylic acid groups (broad SMARTS) is 1. The van der Waals surface area contributed by atoms with Crippen LogP contribution in [0.1, 0.15) is 17.3 Å². The van der Waals surface area contributed by atoms with Gasteiger partial charge in [0.1, 0.15) is 6.04 Å². The normalized spacial score (nSPS) is 12.3. The van der Waals surface area contributed by atoms with E-state index in [4.69, 9.17) is 0 Å². The predicted molar refractivity (Wildman–Crippen MR) is 69.1 cm³/mol. The highest BCUT2D eigenvalue weighted by Gasteiger charge is 2.18. The van der Waals surface area contributed by atoms with E-state index in [9.17, 15) is 9.90 Å². The molecule has 0 radical (unpaired) electrons. The van der Waals surface area contributed by atoms with Crippen LogP contribution in [0, 0.1) is 0 Å². The minimum Gasteiger partial charge on any atom is -0.480 e. The van der Waals surface area contributed by atoms with Gasteiger partial charge in [-0.3, -0.25) is 10.1 Å². The summed E-state index contributed by atoms with van der Waals surface area (Å²) in [6.07, 6.45) is 1.94. The zero-order valence-corrected chi connectivity index (χ0v) is 10.2. The molecule has 0 saturated carbocycles. The Morgan fingerprint density at radius 3 is 2.56 bits per heavy atom. The molecule has 0 aliphatic rings. The highest BCUT2D eigenvalue weighted by atomic mass is 16.4. The smallest absolute Gasteiger partial charge is 0.325 e. The van der Waals surface area contributed by atoms with Crippen LogP contribution in [0.25, 0.3) is 0 Å². The number of benzene rings is 1. The summed E-state index contributed by atoms with van der Waals surface area (Å²) in [5, 5.41) is 12.3. The molecule has 1 heterocycles. The minimum absolute atomic E-state index is 0.523. The number of carbonyl (C=O) groups is 1. The van der Waals surface area contributed by atoms with E-state index in [1.165, 1.54) is 0 Å². The van der Waals surface area contributed by atoms with Crippen LogP contribution >= 0.6 is 0 Å². The van der Waals surface area contributed by atoms with E-state index in [-0.39, 0.29) is 0 Å². The highest BCUT2D eigenvalue weighted by molar-refractivity contribution is 5.75. The maximum Gasteiger partial charge on any atom is 0.325 e. The Morgan fingerprint density at radius 1 is 1.28 bits per heavy atom. The van der Waals surface area contributed by atoms with Crippen molar-refractivity contribution in [3.8, 4) is 0 Å². The average Bonchev–Trinajstić information content (AvgIpc) is 2.76. The molecule has 4 nitrogen and oxygen atoms in total. The number of nitrogens with zero attached hydrogens (tertiary/aromatic N) is 1. The Balaban J connectivity index is 2.09. The van der Waals surface area contributed by atoms with Crippen LogP contribution in [0.5, 0.6) is 0 Å². The van der Waals surface area contributed by atoms with Gasteiger partial charge >= 0.3 is 5.97 Å². The Hall–Kier alpha value is -2.07. The van der Waals surface area contributed by atoms with Gasteiger partial charge in [-0.1, -0.05) is 30.3 Å². The van der Waals surface area contributed by atoms with E-state index < -0.39 is 12.0 Å². The van der Waals surface area contributed by atoms with Gasteiger partial charge in [-0.15, -0.1) is 0 Å². The van der Waals surface area contributed by atoms with Gasteiger partial charge < -0.3 is 9.67 Å². The summed E-state index contributed by atoms with van der Waals surface area (Å²) in [6, 6.07) is 12.4. The van der Waals surface area contributed by atoms with Gasteiger partial charge in [0, 0.05) is 25.5 Å². The molecule has 2 aromatic rings.